The van der Waals surface area contributed by atoms with E-state index in [9.17, 15) is 18.1 Å². The molecule has 13 heteroatoms. The Hall–Kier alpha value is -1.36. The molecule has 0 saturated carbocycles. The summed E-state index contributed by atoms with van der Waals surface area (Å²) < 4.78 is 45.8. The van der Waals surface area contributed by atoms with Gasteiger partial charge >= 0.3 is 17.8 Å². The molecular formula is C18H21Cl2N2O7PS. The third-order valence-corrected chi connectivity index (χ3v) is 7.39. The van der Waals surface area contributed by atoms with Gasteiger partial charge in [0.05, 0.1) is 28.0 Å². The number of hydrogen-bond acceptors (Lipinski definition) is 5. The zero-order chi connectivity index (χ0) is 22.8. The molecule has 1 fully saturated rings. The number of ether oxygens (including phenoxy) is 1. The Morgan fingerprint density at radius 2 is 1.74 bits per heavy atom. The van der Waals surface area contributed by atoms with Crippen molar-refractivity contribution in [3.05, 3.63) is 52.0 Å². The Bertz CT molecular complexity index is 1080. The normalized spacial score (nSPS) is 16.3. The quantitative estimate of drug-likeness (QED) is 0.417. The SMILES string of the molecule is O=P(O)(O)Cc1cc(Cl)c(Oc2cccc(NS(=O)(=O)N3CCC(O)CC3)c2)c(Cl)c1. The first kappa shape index (κ1) is 24.3. The van der Waals surface area contributed by atoms with Gasteiger partial charge < -0.3 is 19.6 Å². The van der Waals surface area contributed by atoms with Crippen LogP contribution in [0.25, 0.3) is 0 Å². The third-order valence-electron chi connectivity index (χ3n) is 4.51. The van der Waals surface area contributed by atoms with Crippen molar-refractivity contribution < 1.29 is 32.6 Å². The van der Waals surface area contributed by atoms with Crippen LogP contribution in [-0.4, -0.2) is 46.8 Å². The van der Waals surface area contributed by atoms with E-state index in [1.807, 2.05) is 0 Å². The van der Waals surface area contributed by atoms with Crippen molar-refractivity contribution in [2.45, 2.75) is 25.1 Å². The lowest BCUT2D eigenvalue weighted by Gasteiger charge is -2.28. The van der Waals surface area contributed by atoms with E-state index in [4.69, 9.17) is 37.7 Å². The molecule has 0 aliphatic carbocycles. The van der Waals surface area contributed by atoms with Crippen molar-refractivity contribution in [1.29, 1.82) is 0 Å². The van der Waals surface area contributed by atoms with Gasteiger partial charge in [0.1, 0.15) is 5.75 Å². The van der Waals surface area contributed by atoms with Crippen molar-refractivity contribution in [1.82, 2.24) is 4.31 Å². The van der Waals surface area contributed by atoms with Crippen LogP contribution in [0.3, 0.4) is 0 Å². The van der Waals surface area contributed by atoms with Gasteiger partial charge in [-0.2, -0.15) is 12.7 Å². The molecule has 0 bridgehead atoms. The van der Waals surface area contributed by atoms with Crippen LogP contribution in [0.4, 0.5) is 5.69 Å². The molecular weight excluding hydrogens is 490 g/mol. The van der Waals surface area contributed by atoms with Crippen LogP contribution >= 0.6 is 30.8 Å². The van der Waals surface area contributed by atoms with Crippen LogP contribution in [0, 0.1) is 0 Å². The van der Waals surface area contributed by atoms with Gasteiger partial charge in [-0.1, -0.05) is 29.3 Å². The predicted molar refractivity (Wildman–Crippen MR) is 118 cm³/mol. The highest BCUT2D eigenvalue weighted by atomic mass is 35.5. The first-order valence-electron chi connectivity index (χ1n) is 9.19. The van der Waals surface area contributed by atoms with E-state index in [0.717, 1.165) is 0 Å². The molecule has 4 N–H and O–H groups in total. The highest BCUT2D eigenvalue weighted by Gasteiger charge is 2.27. The largest absolute Gasteiger partial charge is 0.454 e. The Morgan fingerprint density at radius 3 is 2.32 bits per heavy atom. The summed E-state index contributed by atoms with van der Waals surface area (Å²) in [4.78, 5) is 18.2. The van der Waals surface area contributed by atoms with E-state index in [-0.39, 0.29) is 45.9 Å². The van der Waals surface area contributed by atoms with Crippen molar-refractivity contribution in [3.63, 3.8) is 0 Å². The third kappa shape index (κ3) is 6.81. The van der Waals surface area contributed by atoms with E-state index >= 15 is 0 Å². The second kappa shape index (κ2) is 9.64. The molecule has 1 aliphatic rings. The number of aliphatic hydroxyl groups is 1. The van der Waals surface area contributed by atoms with Gasteiger partial charge in [-0.05, 0) is 42.7 Å². The highest BCUT2D eigenvalue weighted by Crippen LogP contribution is 2.43. The van der Waals surface area contributed by atoms with E-state index < -0.39 is 30.1 Å². The summed E-state index contributed by atoms with van der Waals surface area (Å²) >= 11 is 12.3. The van der Waals surface area contributed by atoms with Gasteiger partial charge in [0.15, 0.2) is 5.75 Å². The number of piperidine rings is 1. The molecule has 0 amide bonds. The van der Waals surface area contributed by atoms with Gasteiger partial charge in [-0.25, -0.2) is 0 Å². The summed E-state index contributed by atoms with van der Waals surface area (Å²) in [7, 11) is -8.09. The highest BCUT2D eigenvalue weighted by molar-refractivity contribution is 7.90. The maximum absolute atomic E-state index is 12.6. The fourth-order valence-electron chi connectivity index (χ4n) is 3.08. The van der Waals surface area contributed by atoms with Crippen LogP contribution in [0.5, 0.6) is 11.5 Å². The van der Waals surface area contributed by atoms with Crippen molar-refractivity contribution in [2.24, 2.45) is 0 Å². The molecule has 0 unspecified atom stereocenters. The summed E-state index contributed by atoms with van der Waals surface area (Å²) in [6, 6.07) is 8.85. The van der Waals surface area contributed by atoms with Gasteiger partial charge in [-0.15, -0.1) is 0 Å². The predicted octanol–water partition coefficient (Wildman–Crippen LogP) is 3.58. The molecule has 2 aromatic rings. The molecule has 0 atom stereocenters. The van der Waals surface area contributed by atoms with E-state index in [0.29, 0.717) is 12.8 Å². The fourth-order valence-corrected chi connectivity index (χ4v) is 5.59. The molecule has 0 aromatic heterocycles. The van der Waals surface area contributed by atoms with E-state index in [1.54, 1.807) is 18.2 Å². The summed E-state index contributed by atoms with van der Waals surface area (Å²) in [6.45, 7) is 0.442. The molecule has 31 heavy (non-hydrogen) atoms. The number of aliphatic hydroxyl groups excluding tert-OH is 1. The van der Waals surface area contributed by atoms with E-state index in [2.05, 4.69) is 4.72 Å². The van der Waals surface area contributed by atoms with E-state index in [1.165, 1.54) is 22.5 Å². The molecule has 1 aliphatic heterocycles. The number of halogens is 2. The number of anilines is 1. The summed E-state index contributed by atoms with van der Waals surface area (Å²) in [6.07, 6.45) is -0.263. The van der Waals surface area contributed by atoms with Crippen molar-refractivity contribution in [3.8, 4) is 11.5 Å². The lowest BCUT2D eigenvalue weighted by atomic mass is 10.1. The molecule has 170 valence electrons. The molecule has 0 radical (unpaired) electrons. The van der Waals surface area contributed by atoms with Crippen LogP contribution in [0.1, 0.15) is 18.4 Å². The molecule has 3 rings (SSSR count). The van der Waals surface area contributed by atoms with Crippen molar-refractivity contribution in [2.75, 3.05) is 17.8 Å². The first-order chi connectivity index (χ1) is 14.4. The number of nitrogens with zero attached hydrogens (tertiary/aromatic N) is 1. The molecule has 1 saturated heterocycles. The molecule has 2 aromatic carbocycles. The minimum absolute atomic E-state index is 0.0498. The number of benzene rings is 2. The summed E-state index contributed by atoms with van der Waals surface area (Å²) in [5.74, 6) is 0.323. The minimum atomic E-state index is -4.29. The standard InChI is InChI=1S/C18H21Cl2N2O7PS/c19-16-8-12(11-30(24,25)26)9-17(20)18(16)29-15-3-1-2-13(10-15)21-31(27,28)22-6-4-14(23)5-7-22/h1-3,8-10,14,21,23H,4-7,11H2,(H2,24,25,26). The van der Waals surface area contributed by atoms with Crippen LogP contribution in [0.2, 0.25) is 10.0 Å². The van der Waals surface area contributed by atoms with Gasteiger partial charge in [0.2, 0.25) is 0 Å². The monoisotopic (exact) mass is 510 g/mol. The maximum atomic E-state index is 12.6. The smallest absolute Gasteiger partial charge is 0.329 e. The van der Waals surface area contributed by atoms with Crippen molar-refractivity contribution >= 4 is 46.7 Å². The van der Waals surface area contributed by atoms with Gasteiger partial charge in [0.25, 0.3) is 0 Å². The fraction of sp³-hybridized carbons (Fsp3) is 0.333. The molecule has 9 nitrogen and oxygen atoms in total. The minimum Gasteiger partial charge on any atom is -0.454 e. The van der Waals surface area contributed by atoms with Crippen LogP contribution < -0.4 is 9.46 Å². The van der Waals surface area contributed by atoms with Gasteiger partial charge in [-0.3, -0.25) is 9.29 Å². The zero-order valence-corrected chi connectivity index (χ0v) is 19.3. The second-order valence-electron chi connectivity index (χ2n) is 7.08. The Morgan fingerprint density at radius 1 is 1.13 bits per heavy atom. The number of nitrogens with one attached hydrogen (secondary N) is 1. The lowest BCUT2D eigenvalue weighted by Crippen LogP contribution is -2.42. The second-order valence-corrected chi connectivity index (χ2v) is 11.2. The summed E-state index contributed by atoms with van der Waals surface area (Å²) in [5.41, 5.74) is 0.512. The Labute approximate surface area is 189 Å². The van der Waals surface area contributed by atoms with Crippen LogP contribution in [-0.2, 0) is 20.9 Å². The lowest BCUT2D eigenvalue weighted by molar-refractivity contribution is 0.113. The molecule has 0 spiro atoms. The number of rotatable bonds is 7. The Kier molecular flexibility index (Phi) is 7.55. The topological polar surface area (TPSA) is 136 Å². The average Bonchev–Trinajstić information content (AvgIpc) is 2.64. The average molecular weight is 511 g/mol. The van der Waals surface area contributed by atoms with Crippen LogP contribution in [0.15, 0.2) is 36.4 Å². The van der Waals surface area contributed by atoms with Gasteiger partial charge in [0, 0.05) is 19.2 Å². The summed E-state index contributed by atoms with van der Waals surface area (Å²) in [5, 5.41) is 9.66. The first-order valence-corrected chi connectivity index (χ1v) is 13.2. The molecule has 1 heterocycles. The Balaban J connectivity index is 1.76. The zero-order valence-electron chi connectivity index (χ0n) is 16.1. The maximum Gasteiger partial charge on any atom is 0.329 e. The number of hydrogen-bond donors (Lipinski definition) is 4.